The average molecular weight is 260 g/mol. The smallest absolute Gasteiger partial charge is 0.298 e. The Morgan fingerprint density at radius 2 is 1.94 bits per heavy atom. The van der Waals surface area contributed by atoms with Gasteiger partial charge in [0.05, 0.1) is 11.1 Å². The van der Waals surface area contributed by atoms with Gasteiger partial charge in [-0.15, -0.1) is 0 Å². The molecular formula is C8H3ClF5NO. The van der Waals surface area contributed by atoms with E-state index in [-0.39, 0.29) is 12.4 Å². The van der Waals surface area contributed by atoms with Crippen LogP contribution in [0.5, 0.6) is 0 Å². The fourth-order valence-electron chi connectivity index (χ4n) is 1.00. The first kappa shape index (κ1) is 12.8. The van der Waals surface area contributed by atoms with E-state index in [0.717, 1.165) is 0 Å². The van der Waals surface area contributed by atoms with Crippen LogP contribution < -0.4 is 0 Å². The minimum Gasteiger partial charge on any atom is -0.298 e. The zero-order valence-corrected chi connectivity index (χ0v) is 8.11. The monoisotopic (exact) mass is 259 g/mol. The molecule has 0 spiro atoms. The molecule has 0 bridgehead atoms. The fourth-order valence-corrected chi connectivity index (χ4v) is 1.24. The number of aromatic nitrogens is 1. The van der Waals surface area contributed by atoms with Crippen LogP contribution in [-0.2, 0) is 6.18 Å². The van der Waals surface area contributed by atoms with Gasteiger partial charge >= 0.3 is 6.18 Å². The molecule has 0 fully saturated rings. The molecule has 0 aliphatic rings. The van der Waals surface area contributed by atoms with Gasteiger partial charge in [-0.05, 0) is 6.07 Å². The molecule has 1 aromatic rings. The maximum absolute atomic E-state index is 12.4. The first-order valence-electron chi connectivity index (χ1n) is 3.78. The van der Waals surface area contributed by atoms with Crippen molar-refractivity contribution in [3.8, 4) is 0 Å². The third kappa shape index (κ3) is 2.46. The van der Waals surface area contributed by atoms with Gasteiger partial charge < -0.3 is 0 Å². The molecule has 0 amide bonds. The Hall–Kier alpha value is -1.24. The van der Waals surface area contributed by atoms with E-state index < -0.39 is 34.6 Å². The quantitative estimate of drug-likeness (QED) is 0.462. The third-order valence-corrected chi connectivity index (χ3v) is 1.97. The van der Waals surface area contributed by atoms with Crippen LogP contribution in [0.2, 0.25) is 5.15 Å². The van der Waals surface area contributed by atoms with Crippen molar-refractivity contribution in [2.24, 2.45) is 0 Å². The van der Waals surface area contributed by atoms with Crippen molar-refractivity contribution < 1.29 is 26.7 Å². The van der Waals surface area contributed by atoms with Gasteiger partial charge in [-0.1, -0.05) is 11.6 Å². The van der Waals surface area contributed by atoms with Gasteiger partial charge in [-0.25, -0.2) is 13.8 Å². The molecule has 0 atom stereocenters. The highest BCUT2D eigenvalue weighted by molar-refractivity contribution is 6.31. The highest BCUT2D eigenvalue weighted by Crippen LogP contribution is 2.35. The molecule has 0 N–H and O–H groups in total. The second-order valence-corrected chi connectivity index (χ2v) is 3.07. The Kier molecular flexibility index (Phi) is 3.47. The second-order valence-electron chi connectivity index (χ2n) is 2.72. The lowest BCUT2D eigenvalue weighted by Crippen LogP contribution is -2.12. The first-order chi connectivity index (χ1) is 7.27. The van der Waals surface area contributed by atoms with Crippen molar-refractivity contribution in [1.82, 2.24) is 4.98 Å². The number of carbonyl (C=O) groups excluding carboxylic acids is 1. The molecule has 0 radical (unpaired) electrons. The Labute approximate surface area is 91.0 Å². The summed E-state index contributed by atoms with van der Waals surface area (Å²) >= 11 is 5.21. The zero-order chi connectivity index (χ0) is 12.5. The van der Waals surface area contributed by atoms with Crippen molar-refractivity contribution in [3.05, 3.63) is 28.0 Å². The Morgan fingerprint density at radius 1 is 1.38 bits per heavy atom. The van der Waals surface area contributed by atoms with Gasteiger partial charge in [0.2, 0.25) is 0 Å². The van der Waals surface area contributed by atoms with Crippen molar-refractivity contribution in [3.63, 3.8) is 0 Å². The van der Waals surface area contributed by atoms with E-state index in [9.17, 15) is 26.7 Å². The minimum atomic E-state index is -4.94. The number of carbonyl (C=O) groups is 1. The Balaban J connectivity index is 3.49. The first-order valence-corrected chi connectivity index (χ1v) is 4.16. The van der Waals surface area contributed by atoms with Gasteiger partial charge in [-0.2, -0.15) is 13.2 Å². The van der Waals surface area contributed by atoms with E-state index in [0.29, 0.717) is 0 Å². The third-order valence-electron chi connectivity index (χ3n) is 1.68. The molecule has 2 nitrogen and oxygen atoms in total. The largest absolute Gasteiger partial charge is 0.417 e. The molecule has 0 saturated heterocycles. The number of nitrogens with zero attached hydrogens (tertiary/aromatic N) is 1. The Morgan fingerprint density at radius 3 is 2.31 bits per heavy atom. The van der Waals surface area contributed by atoms with Gasteiger partial charge in [-0.3, -0.25) is 4.79 Å². The number of pyridine rings is 1. The molecule has 8 heteroatoms. The molecule has 0 aliphatic carbocycles. The van der Waals surface area contributed by atoms with E-state index in [1.807, 2.05) is 0 Å². The lowest BCUT2D eigenvalue weighted by atomic mass is 10.1. The molecule has 88 valence electrons. The van der Waals surface area contributed by atoms with Gasteiger partial charge in [0.15, 0.2) is 6.29 Å². The molecule has 16 heavy (non-hydrogen) atoms. The van der Waals surface area contributed by atoms with Crippen molar-refractivity contribution in [2.75, 3.05) is 0 Å². The summed E-state index contributed by atoms with van der Waals surface area (Å²) in [6.07, 6.45) is -8.31. The summed E-state index contributed by atoms with van der Waals surface area (Å²) in [4.78, 5) is 13.4. The predicted molar refractivity (Wildman–Crippen MR) is 44.6 cm³/mol. The highest BCUT2D eigenvalue weighted by atomic mass is 35.5. The zero-order valence-electron chi connectivity index (χ0n) is 7.36. The summed E-state index contributed by atoms with van der Waals surface area (Å²) in [5.41, 5.74) is -3.58. The summed E-state index contributed by atoms with van der Waals surface area (Å²) < 4.78 is 61.5. The summed E-state index contributed by atoms with van der Waals surface area (Å²) in [6.45, 7) is 0. The lowest BCUT2D eigenvalue weighted by Gasteiger charge is -2.11. The molecular weight excluding hydrogens is 257 g/mol. The van der Waals surface area contributed by atoms with Crippen molar-refractivity contribution in [2.45, 2.75) is 12.6 Å². The fraction of sp³-hybridized carbons (Fsp3) is 0.250. The summed E-state index contributed by atoms with van der Waals surface area (Å²) in [7, 11) is 0. The lowest BCUT2D eigenvalue weighted by molar-refractivity contribution is -0.138. The van der Waals surface area contributed by atoms with Crippen LogP contribution in [0.3, 0.4) is 0 Å². The van der Waals surface area contributed by atoms with Crippen LogP contribution in [0.15, 0.2) is 6.07 Å². The van der Waals surface area contributed by atoms with E-state index in [1.54, 1.807) is 0 Å². The number of aldehydes is 1. The Bertz CT molecular complexity index is 418. The molecule has 0 saturated carbocycles. The van der Waals surface area contributed by atoms with Gasteiger partial charge in [0.1, 0.15) is 10.8 Å². The second kappa shape index (κ2) is 4.32. The molecule has 0 unspecified atom stereocenters. The number of rotatable bonds is 2. The number of hydrogen-bond donors (Lipinski definition) is 0. The van der Waals surface area contributed by atoms with Crippen LogP contribution in [0.1, 0.15) is 28.0 Å². The molecule has 1 aromatic heterocycles. The number of alkyl halides is 5. The molecule has 0 aromatic carbocycles. The topological polar surface area (TPSA) is 30.0 Å². The van der Waals surface area contributed by atoms with E-state index in [1.165, 1.54) is 0 Å². The van der Waals surface area contributed by atoms with Crippen LogP contribution in [-0.4, -0.2) is 11.3 Å². The molecule has 0 aliphatic heterocycles. The van der Waals surface area contributed by atoms with E-state index >= 15 is 0 Å². The number of hydrogen-bond acceptors (Lipinski definition) is 2. The van der Waals surface area contributed by atoms with E-state index in [2.05, 4.69) is 4.98 Å². The van der Waals surface area contributed by atoms with Crippen molar-refractivity contribution in [1.29, 1.82) is 0 Å². The van der Waals surface area contributed by atoms with Gasteiger partial charge in [0.25, 0.3) is 6.43 Å². The average Bonchev–Trinajstić information content (AvgIpc) is 2.14. The minimum absolute atomic E-state index is 0.111. The molecule has 1 heterocycles. The normalized spacial score (nSPS) is 11.9. The maximum Gasteiger partial charge on any atom is 0.417 e. The summed E-state index contributed by atoms with van der Waals surface area (Å²) in [5.74, 6) is 0. The predicted octanol–water partition coefficient (Wildman–Crippen LogP) is 3.50. The highest BCUT2D eigenvalue weighted by Gasteiger charge is 2.36. The standard InChI is InChI=1S/C8H3ClF5NO/c9-6-3(2-16)4(8(12,13)14)1-5(15-6)7(10)11/h1-2,7H. The van der Waals surface area contributed by atoms with Crippen LogP contribution in [0.4, 0.5) is 22.0 Å². The van der Waals surface area contributed by atoms with Crippen LogP contribution in [0.25, 0.3) is 0 Å². The molecule has 1 rings (SSSR count). The van der Waals surface area contributed by atoms with E-state index in [4.69, 9.17) is 11.6 Å². The summed E-state index contributed by atoms with van der Waals surface area (Å²) in [5, 5.41) is -0.889. The SMILES string of the molecule is O=Cc1c(C(F)(F)F)cc(C(F)F)nc1Cl. The van der Waals surface area contributed by atoms with Crippen molar-refractivity contribution >= 4 is 17.9 Å². The van der Waals surface area contributed by atoms with Gasteiger partial charge in [0, 0.05) is 0 Å². The maximum atomic E-state index is 12.4. The van der Waals surface area contributed by atoms with Crippen LogP contribution >= 0.6 is 11.6 Å². The number of halogens is 6. The van der Waals surface area contributed by atoms with Crippen LogP contribution in [0, 0.1) is 0 Å². The summed E-state index contributed by atoms with van der Waals surface area (Å²) in [6, 6.07) is 0.111.